The Morgan fingerprint density at radius 1 is 1.31 bits per heavy atom. The number of anilines is 1. The van der Waals surface area contributed by atoms with Gasteiger partial charge < -0.3 is 9.64 Å². The molecule has 8 nitrogen and oxygen atoms in total. The Balaban J connectivity index is 1.47. The van der Waals surface area contributed by atoms with Gasteiger partial charge in [-0.1, -0.05) is 41.6 Å². The number of hydrogen-bond donors (Lipinski definition) is 1. The van der Waals surface area contributed by atoms with Crippen molar-refractivity contribution in [3.63, 3.8) is 0 Å². The van der Waals surface area contributed by atoms with E-state index in [2.05, 4.69) is 45.9 Å². The van der Waals surface area contributed by atoms with E-state index in [9.17, 15) is 9.59 Å². The summed E-state index contributed by atoms with van der Waals surface area (Å²) in [6, 6.07) is 5.90. The summed E-state index contributed by atoms with van der Waals surface area (Å²) in [6.07, 6.45) is 4.37. The number of amides is 2. The van der Waals surface area contributed by atoms with Crippen molar-refractivity contribution >= 4 is 52.3 Å². The number of thiazole rings is 1. The molecule has 1 aromatic carbocycles. The van der Waals surface area contributed by atoms with E-state index < -0.39 is 14.1 Å². The Morgan fingerprint density at radius 3 is 2.89 bits per heavy atom. The Bertz CT molecular complexity index is 1290. The van der Waals surface area contributed by atoms with Crippen molar-refractivity contribution in [1.29, 1.82) is 0 Å². The van der Waals surface area contributed by atoms with Crippen LogP contribution in [0.4, 0.5) is 5.13 Å². The molecular formula is C25H30BrN5O3SSi. The van der Waals surface area contributed by atoms with Crippen LogP contribution in [0, 0.1) is 0 Å². The molecule has 0 bridgehead atoms. The molecule has 1 atom stereocenters. The van der Waals surface area contributed by atoms with Crippen molar-refractivity contribution in [3.8, 4) is 0 Å². The molecule has 0 spiro atoms. The smallest absolute Gasteiger partial charge is 0.255 e. The quantitative estimate of drug-likeness (QED) is 0.273. The number of carbonyl (C=O) groups is 2. The van der Waals surface area contributed by atoms with Gasteiger partial charge in [0.2, 0.25) is 0 Å². The minimum Gasteiger partial charge on any atom is -0.360 e. The first kappa shape index (κ1) is 25.3. The normalized spacial score (nSPS) is 15.8. The van der Waals surface area contributed by atoms with Gasteiger partial charge in [-0.3, -0.25) is 14.9 Å². The van der Waals surface area contributed by atoms with Gasteiger partial charge in [-0.25, -0.2) is 9.67 Å². The number of carbonyl (C=O) groups excluding carboxylic acids is 2. The highest BCUT2D eigenvalue weighted by molar-refractivity contribution is 9.10. The first-order valence-corrected chi connectivity index (χ1v) is 17.6. The van der Waals surface area contributed by atoms with Crippen LogP contribution in [0.2, 0.25) is 25.7 Å². The predicted molar refractivity (Wildman–Crippen MR) is 146 cm³/mol. The SMILES string of the molecule is C[Si](C)(C)CCOCn1nc([C@H](C(=O)Nc2nccs2)N2Cc3ccc(Br)cc3C2=O)c2c1CCC2. The summed E-state index contributed by atoms with van der Waals surface area (Å²) >= 11 is 4.81. The summed E-state index contributed by atoms with van der Waals surface area (Å²) in [6.45, 7) is 8.39. The Kier molecular flexibility index (Phi) is 7.17. The summed E-state index contributed by atoms with van der Waals surface area (Å²) < 4.78 is 8.74. The van der Waals surface area contributed by atoms with Crippen LogP contribution >= 0.6 is 27.3 Å². The summed E-state index contributed by atoms with van der Waals surface area (Å²) in [7, 11) is -1.20. The van der Waals surface area contributed by atoms with E-state index in [4.69, 9.17) is 9.84 Å². The Hall–Kier alpha value is -2.34. The molecule has 0 fully saturated rings. The van der Waals surface area contributed by atoms with Crippen LogP contribution in [0.5, 0.6) is 0 Å². The lowest BCUT2D eigenvalue weighted by Gasteiger charge is -2.26. The maximum atomic E-state index is 13.7. The lowest BCUT2D eigenvalue weighted by molar-refractivity contribution is -0.121. The molecule has 5 rings (SSSR count). The highest BCUT2D eigenvalue weighted by Gasteiger charge is 2.41. The molecular weight excluding hydrogens is 558 g/mol. The number of halogens is 1. The van der Waals surface area contributed by atoms with Gasteiger partial charge in [-0.2, -0.15) is 5.10 Å². The predicted octanol–water partition coefficient (Wildman–Crippen LogP) is 5.24. The van der Waals surface area contributed by atoms with Crippen LogP contribution in [0.25, 0.3) is 0 Å². The molecule has 1 aliphatic carbocycles. The zero-order valence-corrected chi connectivity index (χ0v) is 24.1. The third-order valence-electron chi connectivity index (χ3n) is 6.63. The maximum absolute atomic E-state index is 13.7. The number of hydrogen-bond acceptors (Lipinski definition) is 6. The van der Waals surface area contributed by atoms with Gasteiger partial charge in [0.05, 0.1) is 5.69 Å². The van der Waals surface area contributed by atoms with E-state index in [0.29, 0.717) is 36.3 Å². The summed E-state index contributed by atoms with van der Waals surface area (Å²) in [5, 5.41) is 10.1. The highest BCUT2D eigenvalue weighted by atomic mass is 79.9. The molecule has 2 amide bonds. The summed E-state index contributed by atoms with van der Waals surface area (Å²) in [4.78, 5) is 33.1. The molecule has 3 aromatic rings. The minimum atomic E-state index is -1.20. The van der Waals surface area contributed by atoms with Gasteiger partial charge in [-0.15, -0.1) is 11.3 Å². The second kappa shape index (κ2) is 10.2. The molecule has 2 aromatic heterocycles. The summed E-state index contributed by atoms with van der Waals surface area (Å²) in [5.74, 6) is -0.470. The molecule has 1 aliphatic heterocycles. The molecule has 3 heterocycles. The van der Waals surface area contributed by atoms with Crippen LogP contribution in [0.15, 0.2) is 34.2 Å². The second-order valence-electron chi connectivity index (χ2n) is 10.5. The standard InChI is InChI=1S/C25H30BrN5O3SSi/c1-36(2,3)12-10-34-15-31-20-6-4-5-18(20)21(29-31)22(23(32)28-25-27-9-11-35-25)30-14-16-7-8-17(26)13-19(16)24(30)33/h7-9,11,13,22H,4-6,10,12,14-15H2,1-3H3,(H,27,28,32)/t22-/m1/s1. The molecule has 190 valence electrons. The Morgan fingerprint density at radius 2 is 2.14 bits per heavy atom. The number of benzene rings is 1. The van der Waals surface area contributed by atoms with E-state index in [1.54, 1.807) is 11.1 Å². The molecule has 0 saturated heterocycles. The fourth-order valence-electron chi connectivity index (χ4n) is 4.77. The molecule has 0 radical (unpaired) electrons. The first-order valence-electron chi connectivity index (χ1n) is 12.2. The van der Waals surface area contributed by atoms with Crippen molar-refractivity contribution in [3.05, 3.63) is 62.3 Å². The van der Waals surface area contributed by atoms with E-state index >= 15 is 0 Å². The van der Waals surface area contributed by atoms with Gasteiger partial charge in [0, 0.05) is 48.5 Å². The number of nitrogens with one attached hydrogen (secondary N) is 1. The van der Waals surface area contributed by atoms with Crippen LogP contribution < -0.4 is 5.32 Å². The summed E-state index contributed by atoms with van der Waals surface area (Å²) in [5.41, 5.74) is 4.33. The number of nitrogens with zero attached hydrogens (tertiary/aromatic N) is 4. The number of aromatic nitrogens is 3. The third kappa shape index (κ3) is 5.20. The number of ether oxygens (including phenoxy) is 1. The highest BCUT2D eigenvalue weighted by Crippen LogP contribution is 2.37. The van der Waals surface area contributed by atoms with Gasteiger partial charge in [0.15, 0.2) is 11.2 Å². The van der Waals surface area contributed by atoms with Crippen molar-refractivity contribution in [2.75, 3.05) is 11.9 Å². The first-order chi connectivity index (χ1) is 17.2. The fourth-order valence-corrected chi connectivity index (χ4v) is 6.42. The van der Waals surface area contributed by atoms with Gasteiger partial charge in [0.1, 0.15) is 6.73 Å². The van der Waals surface area contributed by atoms with Gasteiger partial charge >= 0.3 is 0 Å². The molecule has 0 unspecified atom stereocenters. The van der Waals surface area contributed by atoms with E-state index in [-0.39, 0.29) is 11.8 Å². The third-order valence-corrected chi connectivity index (χ3v) is 9.52. The van der Waals surface area contributed by atoms with Gasteiger partial charge in [-0.05, 0) is 48.6 Å². The van der Waals surface area contributed by atoms with Crippen molar-refractivity contribution in [2.45, 2.75) is 64.3 Å². The average molecular weight is 589 g/mol. The van der Waals surface area contributed by atoms with E-state index in [1.165, 1.54) is 11.3 Å². The van der Waals surface area contributed by atoms with Crippen LogP contribution in [-0.4, -0.2) is 46.2 Å². The lowest BCUT2D eigenvalue weighted by atomic mass is 10.1. The second-order valence-corrected chi connectivity index (χ2v) is 17.9. The molecule has 0 saturated carbocycles. The van der Waals surface area contributed by atoms with Crippen molar-refractivity contribution < 1.29 is 14.3 Å². The van der Waals surface area contributed by atoms with Crippen LogP contribution in [0.1, 0.15) is 45.3 Å². The number of rotatable bonds is 9. The lowest BCUT2D eigenvalue weighted by Crippen LogP contribution is -2.38. The molecule has 2 aliphatic rings. The van der Waals surface area contributed by atoms with Crippen molar-refractivity contribution in [1.82, 2.24) is 19.7 Å². The monoisotopic (exact) mass is 587 g/mol. The average Bonchev–Trinajstić information content (AvgIpc) is 3.59. The van der Waals surface area contributed by atoms with E-state index in [1.807, 2.05) is 28.3 Å². The van der Waals surface area contributed by atoms with E-state index in [0.717, 1.165) is 46.6 Å². The van der Waals surface area contributed by atoms with Crippen molar-refractivity contribution in [2.24, 2.45) is 0 Å². The Labute approximate surface area is 224 Å². The number of fused-ring (bicyclic) bond motifs is 2. The van der Waals surface area contributed by atoms with Crippen LogP contribution in [-0.2, 0) is 35.6 Å². The largest absolute Gasteiger partial charge is 0.360 e. The maximum Gasteiger partial charge on any atom is 0.255 e. The van der Waals surface area contributed by atoms with Gasteiger partial charge in [0.25, 0.3) is 11.8 Å². The van der Waals surface area contributed by atoms with Crippen LogP contribution in [0.3, 0.4) is 0 Å². The zero-order valence-electron chi connectivity index (χ0n) is 20.7. The molecule has 36 heavy (non-hydrogen) atoms. The topological polar surface area (TPSA) is 89.3 Å². The molecule has 1 N–H and O–H groups in total. The molecule has 11 heteroatoms. The zero-order chi connectivity index (χ0) is 25.4. The fraction of sp³-hybridized carbons (Fsp3) is 0.440. The minimum absolute atomic E-state index is 0.168.